The van der Waals surface area contributed by atoms with E-state index in [4.69, 9.17) is 34.8 Å². The van der Waals surface area contributed by atoms with Gasteiger partial charge in [0.1, 0.15) is 0 Å². The summed E-state index contributed by atoms with van der Waals surface area (Å²) in [6, 6.07) is 9.65. The zero-order valence-corrected chi connectivity index (χ0v) is 13.4. The van der Waals surface area contributed by atoms with Crippen LogP contribution in [0.2, 0.25) is 15.3 Å². The lowest BCUT2D eigenvalue weighted by Gasteiger charge is -2.37. The van der Waals surface area contributed by atoms with Crippen LogP contribution in [-0.4, -0.2) is 36.4 Å². The van der Waals surface area contributed by atoms with Gasteiger partial charge in [0, 0.05) is 43.0 Å². The Morgan fingerprint density at radius 3 is 2.29 bits per heavy atom. The summed E-state index contributed by atoms with van der Waals surface area (Å²) >= 11 is 18.0. The Bertz CT molecular complexity index is 642. The number of hydrogen-bond acceptors (Lipinski definition) is 4. The number of aromatic nitrogens is 2. The Kier molecular flexibility index (Phi) is 4.38. The first-order valence-corrected chi connectivity index (χ1v) is 7.71. The van der Waals surface area contributed by atoms with Crippen LogP contribution >= 0.6 is 34.8 Å². The van der Waals surface area contributed by atoms with Crippen molar-refractivity contribution in [2.45, 2.75) is 0 Å². The van der Waals surface area contributed by atoms with E-state index in [2.05, 4.69) is 26.1 Å². The van der Waals surface area contributed by atoms with Crippen molar-refractivity contribution in [3.8, 4) is 0 Å². The second kappa shape index (κ2) is 6.26. The molecular weight excluding hydrogens is 331 g/mol. The molecule has 0 saturated carbocycles. The normalized spacial score (nSPS) is 15.4. The average molecular weight is 344 g/mol. The fraction of sp³-hybridized carbons (Fsp3) is 0.286. The molecule has 0 radical (unpaired) electrons. The molecule has 2 aromatic rings. The standard InChI is InChI=1S/C14H13Cl3N4/c15-10-2-1-3-11(8-10)20-4-6-21(7-5-20)12-9-13(16)18-19-14(12)17/h1-3,8-9H,4-7H2. The van der Waals surface area contributed by atoms with Gasteiger partial charge in [-0.3, -0.25) is 0 Å². The van der Waals surface area contributed by atoms with E-state index >= 15 is 0 Å². The number of anilines is 2. The van der Waals surface area contributed by atoms with Gasteiger partial charge in [-0.25, -0.2) is 0 Å². The Hall–Kier alpha value is -1.23. The zero-order valence-electron chi connectivity index (χ0n) is 11.1. The summed E-state index contributed by atoms with van der Waals surface area (Å²) in [6.45, 7) is 3.45. The number of halogens is 3. The second-order valence-corrected chi connectivity index (χ2v) is 5.98. The van der Waals surface area contributed by atoms with Crippen molar-refractivity contribution < 1.29 is 0 Å². The molecule has 0 aliphatic carbocycles. The van der Waals surface area contributed by atoms with Gasteiger partial charge in [-0.2, -0.15) is 0 Å². The lowest BCUT2D eigenvalue weighted by atomic mass is 10.2. The van der Waals surface area contributed by atoms with Gasteiger partial charge in [0.05, 0.1) is 5.69 Å². The summed E-state index contributed by atoms with van der Waals surface area (Å²) in [5.41, 5.74) is 1.97. The molecule has 1 aliphatic rings. The molecule has 7 heteroatoms. The second-order valence-electron chi connectivity index (χ2n) is 4.80. The Morgan fingerprint density at radius 1 is 0.857 bits per heavy atom. The summed E-state index contributed by atoms with van der Waals surface area (Å²) in [5.74, 6) is 0. The molecule has 1 saturated heterocycles. The molecule has 3 rings (SSSR count). The molecule has 1 aliphatic heterocycles. The molecule has 0 N–H and O–H groups in total. The fourth-order valence-corrected chi connectivity index (χ4v) is 2.98. The van der Waals surface area contributed by atoms with Crippen molar-refractivity contribution in [3.05, 3.63) is 45.7 Å². The fourth-order valence-electron chi connectivity index (χ4n) is 2.44. The summed E-state index contributed by atoms with van der Waals surface area (Å²) < 4.78 is 0. The molecule has 0 bridgehead atoms. The van der Waals surface area contributed by atoms with E-state index in [0.717, 1.165) is 42.6 Å². The van der Waals surface area contributed by atoms with Gasteiger partial charge in [-0.1, -0.05) is 40.9 Å². The van der Waals surface area contributed by atoms with E-state index in [1.165, 1.54) is 0 Å². The predicted octanol–water partition coefficient (Wildman–Crippen LogP) is 3.76. The Labute approximate surface area is 138 Å². The average Bonchev–Trinajstić information content (AvgIpc) is 2.50. The first kappa shape index (κ1) is 14.7. The lowest BCUT2D eigenvalue weighted by molar-refractivity contribution is 0.652. The highest BCUT2D eigenvalue weighted by Crippen LogP contribution is 2.27. The first-order valence-electron chi connectivity index (χ1n) is 6.58. The molecule has 0 spiro atoms. The SMILES string of the molecule is Clc1cccc(N2CCN(c3cc(Cl)nnc3Cl)CC2)c1. The topological polar surface area (TPSA) is 32.3 Å². The molecule has 110 valence electrons. The minimum absolute atomic E-state index is 0.353. The summed E-state index contributed by atoms with van der Waals surface area (Å²) in [4.78, 5) is 4.47. The van der Waals surface area contributed by atoms with Crippen LogP contribution in [-0.2, 0) is 0 Å². The maximum Gasteiger partial charge on any atom is 0.175 e. The van der Waals surface area contributed by atoms with Crippen LogP contribution in [0.15, 0.2) is 30.3 Å². The van der Waals surface area contributed by atoms with Crippen molar-refractivity contribution in [1.82, 2.24) is 10.2 Å². The molecule has 1 aromatic carbocycles. The number of piperazine rings is 1. The van der Waals surface area contributed by atoms with Gasteiger partial charge in [0.15, 0.2) is 10.3 Å². The lowest BCUT2D eigenvalue weighted by Crippen LogP contribution is -2.46. The van der Waals surface area contributed by atoms with E-state index in [1.54, 1.807) is 6.07 Å². The van der Waals surface area contributed by atoms with E-state index in [0.29, 0.717) is 10.3 Å². The quantitative estimate of drug-likeness (QED) is 0.831. The van der Waals surface area contributed by atoms with Gasteiger partial charge in [-0.15, -0.1) is 10.2 Å². The highest BCUT2D eigenvalue weighted by molar-refractivity contribution is 6.33. The van der Waals surface area contributed by atoms with Crippen LogP contribution in [0.3, 0.4) is 0 Å². The van der Waals surface area contributed by atoms with Crippen LogP contribution in [0.1, 0.15) is 0 Å². The zero-order chi connectivity index (χ0) is 14.8. The van der Waals surface area contributed by atoms with Crippen LogP contribution < -0.4 is 9.80 Å². The molecule has 0 amide bonds. The van der Waals surface area contributed by atoms with Gasteiger partial charge in [0.25, 0.3) is 0 Å². The van der Waals surface area contributed by atoms with E-state index in [9.17, 15) is 0 Å². The maximum absolute atomic E-state index is 6.10. The highest BCUT2D eigenvalue weighted by atomic mass is 35.5. The number of rotatable bonds is 2. The van der Waals surface area contributed by atoms with Gasteiger partial charge in [0.2, 0.25) is 0 Å². The summed E-state index contributed by atoms with van der Waals surface area (Å²) in [7, 11) is 0. The maximum atomic E-state index is 6.10. The summed E-state index contributed by atoms with van der Waals surface area (Å²) in [5, 5.41) is 9.08. The molecule has 4 nitrogen and oxygen atoms in total. The monoisotopic (exact) mass is 342 g/mol. The third-order valence-corrected chi connectivity index (χ3v) is 4.18. The molecule has 0 atom stereocenters. The van der Waals surface area contributed by atoms with E-state index in [1.807, 2.05) is 18.2 Å². The largest absolute Gasteiger partial charge is 0.368 e. The molecule has 2 heterocycles. The molecule has 21 heavy (non-hydrogen) atoms. The number of nitrogens with zero attached hydrogens (tertiary/aromatic N) is 4. The smallest absolute Gasteiger partial charge is 0.175 e. The molecular formula is C14H13Cl3N4. The third-order valence-electron chi connectivity index (χ3n) is 3.49. The predicted molar refractivity (Wildman–Crippen MR) is 87.9 cm³/mol. The highest BCUT2D eigenvalue weighted by Gasteiger charge is 2.20. The third kappa shape index (κ3) is 3.34. The Balaban J connectivity index is 1.72. The van der Waals surface area contributed by atoms with Crippen molar-refractivity contribution >= 4 is 46.2 Å². The molecule has 1 fully saturated rings. The van der Waals surface area contributed by atoms with Crippen LogP contribution in [0.25, 0.3) is 0 Å². The number of benzene rings is 1. The minimum Gasteiger partial charge on any atom is -0.368 e. The minimum atomic E-state index is 0.353. The van der Waals surface area contributed by atoms with Gasteiger partial charge >= 0.3 is 0 Å². The van der Waals surface area contributed by atoms with Crippen molar-refractivity contribution in [1.29, 1.82) is 0 Å². The van der Waals surface area contributed by atoms with Crippen LogP contribution in [0, 0.1) is 0 Å². The van der Waals surface area contributed by atoms with Crippen molar-refractivity contribution in [2.24, 2.45) is 0 Å². The number of hydrogen-bond donors (Lipinski definition) is 0. The Morgan fingerprint density at radius 2 is 1.57 bits per heavy atom. The van der Waals surface area contributed by atoms with E-state index in [-0.39, 0.29) is 0 Å². The molecule has 0 unspecified atom stereocenters. The first-order chi connectivity index (χ1) is 10.1. The van der Waals surface area contributed by atoms with Crippen LogP contribution in [0.5, 0.6) is 0 Å². The van der Waals surface area contributed by atoms with Crippen LogP contribution in [0.4, 0.5) is 11.4 Å². The van der Waals surface area contributed by atoms with Crippen molar-refractivity contribution in [2.75, 3.05) is 36.0 Å². The molecule has 1 aromatic heterocycles. The van der Waals surface area contributed by atoms with Crippen molar-refractivity contribution in [3.63, 3.8) is 0 Å². The van der Waals surface area contributed by atoms with E-state index < -0.39 is 0 Å². The van der Waals surface area contributed by atoms with Gasteiger partial charge in [-0.05, 0) is 18.2 Å². The van der Waals surface area contributed by atoms with Gasteiger partial charge < -0.3 is 9.80 Å². The summed E-state index contributed by atoms with van der Waals surface area (Å²) in [6.07, 6.45) is 0.